The summed E-state index contributed by atoms with van der Waals surface area (Å²) in [7, 11) is -1.24. The van der Waals surface area contributed by atoms with Crippen LogP contribution in [0.1, 0.15) is 24.8 Å². The first-order chi connectivity index (χ1) is 14.3. The van der Waals surface area contributed by atoms with Crippen molar-refractivity contribution in [3.05, 3.63) is 34.9 Å². The summed E-state index contributed by atoms with van der Waals surface area (Å²) < 4.78 is 26.9. The van der Waals surface area contributed by atoms with E-state index < -0.39 is 10.0 Å². The Morgan fingerprint density at radius 3 is 2.33 bits per heavy atom. The predicted octanol–water partition coefficient (Wildman–Crippen LogP) is 1.64. The third-order valence-corrected chi connectivity index (χ3v) is 8.13. The van der Waals surface area contributed by atoms with Crippen molar-refractivity contribution in [2.45, 2.75) is 25.0 Å². The van der Waals surface area contributed by atoms with Gasteiger partial charge in [0, 0.05) is 56.8 Å². The first-order valence-electron chi connectivity index (χ1n) is 10.7. The maximum Gasteiger partial charge on any atom is 0.223 e. The van der Waals surface area contributed by atoms with Gasteiger partial charge in [-0.2, -0.15) is 0 Å². The van der Waals surface area contributed by atoms with Gasteiger partial charge in [-0.25, -0.2) is 12.7 Å². The number of halogens is 1. The summed E-state index contributed by atoms with van der Waals surface area (Å²) in [6.07, 6.45) is 2.10. The van der Waals surface area contributed by atoms with Crippen LogP contribution in [0.4, 0.5) is 0 Å². The number of carbonyl (C=O) groups excluding carboxylic acids is 1. The molecule has 2 heterocycles. The number of carbonyl (C=O) groups is 1. The van der Waals surface area contributed by atoms with E-state index in [4.69, 9.17) is 11.6 Å². The highest BCUT2D eigenvalue weighted by Gasteiger charge is 2.31. The number of piperidine rings is 1. The van der Waals surface area contributed by atoms with E-state index in [2.05, 4.69) is 22.2 Å². The van der Waals surface area contributed by atoms with Gasteiger partial charge >= 0.3 is 0 Å². The molecule has 0 aliphatic carbocycles. The molecule has 0 unspecified atom stereocenters. The smallest absolute Gasteiger partial charge is 0.223 e. The quantitative estimate of drug-likeness (QED) is 0.602. The van der Waals surface area contributed by atoms with Gasteiger partial charge in [-0.1, -0.05) is 23.7 Å². The summed E-state index contributed by atoms with van der Waals surface area (Å²) in [6, 6.07) is 6.88. The molecule has 2 fully saturated rings. The van der Waals surface area contributed by atoms with E-state index in [1.165, 1.54) is 4.31 Å². The minimum atomic E-state index is -3.39. The van der Waals surface area contributed by atoms with Crippen molar-refractivity contribution in [3.8, 4) is 0 Å². The summed E-state index contributed by atoms with van der Waals surface area (Å²) in [4.78, 5) is 17.2. The van der Waals surface area contributed by atoms with Gasteiger partial charge in [-0.05, 0) is 50.6 Å². The number of piperazine rings is 1. The Kier molecular flexibility index (Phi) is 8.53. The highest BCUT2D eigenvalue weighted by molar-refractivity contribution is 7.88. The van der Waals surface area contributed by atoms with Gasteiger partial charge in [0.2, 0.25) is 15.9 Å². The minimum absolute atomic E-state index is 0.0344. The van der Waals surface area contributed by atoms with Gasteiger partial charge in [0.15, 0.2) is 0 Å². The minimum Gasteiger partial charge on any atom is -0.356 e. The Bertz CT molecular complexity index is 787. The zero-order valence-electron chi connectivity index (χ0n) is 17.7. The SMILES string of the molecule is CN1CCN(CCCNC(=O)C2CCN(S(=O)(=O)Cc3ccc(Cl)cc3)CC2)CC1. The molecule has 168 valence electrons. The molecule has 1 N–H and O–H groups in total. The summed E-state index contributed by atoms with van der Waals surface area (Å²) in [5, 5.41) is 3.63. The topological polar surface area (TPSA) is 73.0 Å². The fraction of sp³-hybridized carbons (Fsp3) is 0.667. The number of likely N-dealkylation sites (N-methyl/N-ethyl adjacent to an activating group) is 1. The first-order valence-corrected chi connectivity index (χ1v) is 12.7. The molecule has 3 rings (SSSR count). The second kappa shape index (κ2) is 10.9. The lowest BCUT2D eigenvalue weighted by molar-refractivity contribution is -0.126. The van der Waals surface area contributed by atoms with Crippen LogP contribution in [-0.4, -0.2) is 87.8 Å². The summed E-state index contributed by atoms with van der Waals surface area (Å²) in [5.74, 6) is -0.0772. The number of nitrogens with zero attached hydrogens (tertiary/aromatic N) is 3. The molecule has 1 aromatic carbocycles. The lowest BCUT2D eigenvalue weighted by Gasteiger charge is -2.32. The average molecular weight is 457 g/mol. The van der Waals surface area contributed by atoms with E-state index in [1.54, 1.807) is 24.3 Å². The van der Waals surface area contributed by atoms with Crippen LogP contribution in [0.5, 0.6) is 0 Å². The molecular formula is C21H33ClN4O3S. The van der Waals surface area contributed by atoms with Crippen molar-refractivity contribution in [2.24, 2.45) is 5.92 Å². The Hall–Kier alpha value is -1.19. The van der Waals surface area contributed by atoms with Gasteiger partial charge in [0.25, 0.3) is 0 Å². The number of rotatable bonds is 8. The monoisotopic (exact) mass is 456 g/mol. The summed E-state index contributed by atoms with van der Waals surface area (Å²) in [6.45, 7) is 6.87. The normalized spacial score (nSPS) is 20.3. The lowest BCUT2D eigenvalue weighted by Crippen LogP contribution is -2.45. The van der Waals surface area contributed by atoms with Crippen molar-refractivity contribution in [3.63, 3.8) is 0 Å². The van der Waals surface area contributed by atoms with E-state index in [9.17, 15) is 13.2 Å². The van der Waals surface area contributed by atoms with Crippen molar-refractivity contribution in [1.29, 1.82) is 0 Å². The third kappa shape index (κ3) is 6.92. The van der Waals surface area contributed by atoms with E-state index >= 15 is 0 Å². The van der Waals surface area contributed by atoms with Crippen molar-refractivity contribution in [2.75, 3.05) is 59.4 Å². The van der Waals surface area contributed by atoms with E-state index in [-0.39, 0.29) is 17.6 Å². The molecule has 1 amide bonds. The Morgan fingerprint density at radius 2 is 1.70 bits per heavy atom. The maximum atomic E-state index is 12.7. The van der Waals surface area contributed by atoms with Crippen LogP contribution < -0.4 is 5.32 Å². The third-order valence-electron chi connectivity index (χ3n) is 6.03. The number of amides is 1. The molecule has 1 aromatic rings. The van der Waals surface area contributed by atoms with Crippen LogP contribution >= 0.6 is 11.6 Å². The van der Waals surface area contributed by atoms with Gasteiger partial charge in [0.05, 0.1) is 5.75 Å². The van der Waals surface area contributed by atoms with Gasteiger partial charge < -0.3 is 15.1 Å². The van der Waals surface area contributed by atoms with Crippen LogP contribution in [0, 0.1) is 5.92 Å². The number of nitrogens with one attached hydrogen (secondary N) is 1. The molecule has 0 radical (unpaired) electrons. The molecule has 30 heavy (non-hydrogen) atoms. The van der Waals surface area contributed by atoms with Crippen LogP contribution in [-0.2, 0) is 20.6 Å². The standard InChI is InChI=1S/C21H33ClN4O3S/c1-24-13-15-25(16-14-24)10-2-9-23-21(27)19-7-11-26(12-8-19)30(28,29)17-18-3-5-20(22)6-4-18/h3-6,19H,2,7-17H2,1H3,(H,23,27). The molecule has 9 heteroatoms. The Balaban J connectivity index is 1.36. The first kappa shape index (κ1) is 23.5. The van der Waals surface area contributed by atoms with Crippen LogP contribution in [0.25, 0.3) is 0 Å². The number of benzene rings is 1. The van der Waals surface area contributed by atoms with E-state index in [0.29, 0.717) is 37.5 Å². The summed E-state index contributed by atoms with van der Waals surface area (Å²) in [5.41, 5.74) is 0.722. The highest BCUT2D eigenvalue weighted by Crippen LogP contribution is 2.22. The second-order valence-electron chi connectivity index (χ2n) is 8.35. The molecule has 0 saturated carbocycles. The molecular weight excluding hydrogens is 424 g/mol. The molecule has 0 aromatic heterocycles. The molecule has 7 nitrogen and oxygen atoms in total. The molecule has 0 atom stereocenters. The van der Waals surface area contributed by atoms with E-state index in [0.717, 1.165) is 44.7 Å². The Labute approximate surface area is 185 Å². The highest BCUT2D eigenvalue weighted by atomic mass is 35.5. The van der Waals surface area contributed by atoms with Crippen molar-refractivity contribution >= 4 is 27.5 Å². The fourth-order valence-corrected chi connectivity index (χ4v) is 5.70. The number of sulfonamides is 1. The maximum absolute atomic E-state index is 12.7. The number of hydrogen-bond donors (Lipinski definition) is 1. The van der Waals surface area contributed by atoms with Gasteiger partial charge in [-0.3, -0.25) is 4.79 Å². The Morgan fingerprint density at radius 1 is 1.07 bits per heavy atom. The number of hydrogen-bond acceptors (Lipinski definition) is 5. The molecule has 0 spiro atoms. The second-order valence-corrected chi connectivity index (χ2v) is 10.8. The summed E-state index contributed by atoms with van der Waals surface area (Å²) >= 11 is 5.87. The van der Waals surface area contributed by atoms with Crippen molar-refractivity contribution < 1.29 is 13.2 Å². The zero-order valence-corrected chi connectivity index (χ0v) is 19.3. The van der Waals surface area contributed by atoms with Gasteiger partial charge in [0.1, 0.15) is 0 Å². The lowest BCUT2D eigenvalue weighted by atomic mass is 9.97. The molecule has 2 aliphatic rings. The van der Waals surface area contributed by atoms with Crippen LogP contribution in [0.3, 0.4) is 0 Å². The van der Waals surface area contributed by atoms with Crippen LogP contribution in [0.15, 0.2) is 24.3 Å². The molecule has 2 aliphatic heterocycles. The molecule has 0 bridgehead atoms. The van der Waals surface area contributed by atoms with Gasteiger partial charge in [-0.15, -0.1) is 0 Å². The fourth-order valence-electron chi connectivity index (χ4n) is 4.01. The largest absolute Gasteiger partial charge is 0.356 e. The van der Waals surface area contributed by atoms with Crippen molar-refractivity contribution in [1.82, 2.24) is 19.4 Å². The predicted molar refractivity (Wildman–Crippen MR) is 120 cm³/mol. The molecule has 2 saturated heterocycles. The van der Waals surface area contributed by atoms with Crippen LogP contribution in [0.2, 0.25) is 5.02 Å². The average Bonchev–Trinajstić information content (AvgIpc) is 2.74. The zero-order chi connectivity index (χ0) is 21.6. The van der Waals surface area contributed by atoms with E-state index in [1.807, 2.05) is 0 Å².